The molecule has 0 spiro atoms. The summed E-state index contributed by atoms with van der Waals surface area (Å²) in [6.07, 6.45) is 0. The van der Waals surface area contributed by atoms with Gasteiger partial charge in [-0.1, -0.05) is 39.1 Å². The van der Waals surface area contributed by atoms with E-state index in [0.717, 1.165) is 4.47 Å². The molecule has 1 unspecified atom stereocenters. The number of hydrogen-bond acceptors (Lipinski definition) is 2. The lowest BCUT2D eigenvalue weighted by Gasteiger charge is -2.19. The van der Waals surface area contributed by atoms with Gasteiger partial charge in [0.1, 0.15) is 11.9 Å². The second-order valence-corrected chi connectivity index (χ2v) is 6.13. The molecule has 2 aromatic rings. The smallest absolute Gasteiger partial charge is 0.142 e. The predicted octanol–water partition coefficient (Wildman–Crippen LogP) is 5.94. The van der Waals surface area contributed by atoms with Crippen LogP contribution in [0, 0.1) is 17.1 Å². The fourth-order valence-corrected chi connectivity index (χ4v) is 3.04. The van der Waals surface area contributed by atoms with Gasteiger partial charge in [0.2, 0.25) is 0 Å². The lowest BCUT2D eigenvalue weighted by molar-refractivity contribution is 0.624. The largest absolute Gasteiger partial charge is 0.377 e. The molecular formula is C15H10BrCl2FN2. The first-order valence-electron chi connectivity index (χ1n) is 6.03. The molecule has 0 radical (unpaired) electrons. The summed E-state index contributed by atoms with van der Waals surface area (Å²) in [4.78, 5) is 0. The van der Waals surface area contributed by atoms with Crippen LogP contribution >= 0.6 is 39.1 Å². The number of rotatable bonds is 3. The monoisotopic (exact) mass is 386 g/mol. The van der Waals surface area contributed by atoms with Gasteiger partial charge in [0.05, 0.1) is 22.3 Å². The quantitative estimate of drug-likeness (QED) is 0.661. The molecule has 2 rings (SSSR count). The minimum Gasteiger partial charge on any atom is -0.377 e. The van der Waals surface area contributed by atoms with Crippen molar-refractivity contribution in [3.8, 4) is 6.07 Å². The summed E-state index contributed by atoms with van der Waals surface area (Å²) in [7, 11) is 0. The third-order valence-electron chi connectivity index (χ3n) is 2.99. The van der Waals surface area contributed by atoms with Gasteiger partial charge in [-0.3, -0.25) is 0 Å². The molecule has 2 aromatic carbocycles. The predicted molar refractivity (Wildman–Crippen MR) is 87.3 cm³/mol. The molecule has 6 heteroatoms. The SMILES string of the molecule is CC(Nc1ccc(Br)cc1C#N)c1c(Cl)ccc(F)c1Cl. The van der Waals surface area contributed by atoms with Crippen LogP contribution < -0.4 is 5.32 Å². The fourth-order valence-electron chi connectivity index (χ4n) is 1.98. The van der Waals surface area contributed by atoms with Crippen LogP contribution in [0.2, 0.25) is 10.0 Å². The normalized spacial score (nSPS) is 11.8. The molecule has 0 aliphatic carbocycles. The van der Waals surface area contributed by atoms with Crippen molar-refractivity contribution in [2.75, 3.05) is 5.32 Å². The molecule has 0 heterocycles. The van der Waals surface area contributed by atoms with Crippen molar-refractivity contribution < 1.29 is 4.39 Å². The maximum absolute atomic E-state index is 13.6. The van der Waals surface area contributed by atoms with Gasteiger partial charge < -0.3 is 5.32 Å². The first-order chi connectivity index (χ1) is 9.93. The summed E-state index contributed by atoms with van der Waals surface area (Å²) in [5.41, 5.74) is 1.56. The second kappa shape index (κ2) is 6.65. The van der Waals surface area contributed by atoms with Crippen LogP contribution in [-0.4, -0.2) is 0 Å². The van der Waals surface area contributed by atoms with E-state index >= 15 is 0 Å². The van der Waals surface area contributed by atoms with Crippen molar-refractivity contribution in [2.45, 2.75) is 13.0 Å². The number of nitrogens with one attached hydrogen (secondary N) is 1. The van der Waals surface area contributed by atoms with Crippen LogP contribution in [0.1, 0.15) is 24.1 Å². The number of benzene rings is 2. The van der Waals surface area contributed by atoms with Gasteiger partial charge in [-0.2, -0.15) is 5.26 Å². The standard InChI is InChI=1S/C15H10BrCl2FN2/c1-8(14-11(17)3-4-12(19)15(14)18)21-13-5-2-10(16)6-9(13)7-20/h2-6,8,21H,1H3. The Bertz CT molecular complexity index is 728. The number of nitriles is 1. The van der Waals surface area contributed by atoms with Crippen LogP contribution in [0.25, 0.3) is 0 Å². The highest BCUT2D eigenvalue weighted by atomic mass is 79.9. The van der Waals surface area contributed by atoms with Crippen molar-refractivity contribution in [3.05, 3.63) is 61.8 Å². The molecule has 0 aromatic heterocycles. The van der Waals surface area contributed by atoms with E-state index in [4.69, 9.17) is 28.5 Å². The Morgan fingerprint density at radius 2 is 2.00 bits per heavy atom. The Morgan fingerprint density at radius 1 is 1.29 bits per heavy atom. The average Bonchev–Trinajstić information content (AvgIpc) is 2.45. The molecule has 2 nitrogen and oxygen atoms in total. The van der Waals surface area contributed by atoms with E-state index in [2.05, 4.69) is 27.3 Å². The Kier molecular flexibility index (Phi) is 5.10. The van der Waals surface area contributed by atoms with Gasteiger partial charge in [0, 0.05) is 15.1 Å². The Morgan fingerprint density at radius 3 is 2.67 bits per heavy atom. The number of anilines is 1. The third-order valence-corrected chi connectivity index (χ3v) is 4.19. The van der Waals surface area contributed by atoms with E-state index in [1.807, 2.05) is 6.07 Å². The van der Waals surface area contributed by atoms with Crippen molar-refractivity contribution in [1.82, 2.24) is 0 Å². The minimum atomic E-state index is -0.527. The van der Waals surface area contributed by atoms with Crippen molar-refractivity contribution in [2.24, 2.45) is 0 Å². The first-order valence-corrected chi connectivity index (χ1v) is 7.58. The first kappa shape index (κ1) is 16.1. The molecule has 1 N–H and O–H groups in total. The summed E-state index contributed by atoms with van der Waals surface area (Å²) < 4.78 is 14.4. The summed E-state index contributed by atoms with van der Waals surface area (Å²) in [5, 5.41) is 12.6. The van der Waals surface area contributed by atoms with Crippen molar-refractivity contribution in [3.63, 3.8) is 0 Å². The zero-order chi connectivity index (χ0) is 15.6. The molecule has 0 amide bonds. The Balaban J connectivity index is 2.38. The number of halogens is 4. The average molecular weight is 388 g/mol. The van der Waals surface area contributed by atoms with Gasteiger partial charge in [-0.15, -0.1) is 0 Å². The fraction of sp³-hybridized carbons (Fsp3) is 0.133. The van der Waals surface area contributed by atoms with Gasteiger partial charge in [0.25, 0.3) is 0 Å². The molecule has 1 atom stereocenters. The zero-order valence-corrected chi connectivity index (χ0v) is 14.0. The third kappa shape index (κ3) is 3.49. The second-order valence-electron chi connectivity index (χ2n) is 4.42. The molecule has 0 saturated heterocycles. The number of hydrogen-bond donors (Lipinski definition) is 1. The molecule has 108 valence electrons. The van der Waals surface area contributed by atoms with E-state index in [1.165, 1.54) is 12.1 Å². The summed E-state index contributed by atoms with van der Waals surface area (Å²) in [6.45, 7) is 1.80. The lowest BCUT2D eigenvalue weighted by Crippen LogP contribution is -2.09. The lowest BCUT2D eigenvalue weighted by atomic mass is 10.1. The van der Waals surface area contributed by atoms with Crippen LogP contribution in [0.3, 0.4) is 0 Å². The van der Waals surface area contributed by atoms with E-state index in [1.54, 1.807) is 19.1 Å². The molecule has 0 aliphatic heterocycles. The summed E-state index contributed by atoms with van der Waals surface area (Å²) in [5.74, 6) is -0.527. The van der Waals surface area contributed by atoms with Gasteiger partial charge in [-0.05, 0) is 37.3 Å². The molecule has 0 bridgehead atoms. The number of nitrogens with zero attached hydrogens (tertiary/aromatic N) is 1. The van der Waals surface area contributed by atoms with Crippen molar-refractivity contribution in [1.29, 1.82) is 5.26 Å². The van der Waals surface area contributed by atoms with E-state index in [-0.39, 0.29) is 11.1 Å². The highest BCUT2D eigenvalue weighted by Crippen LogP contribution is 2.34. The minimum absolute atomic E-state index is 0.0156. The summed E-state index contributed by atoms with van der Waals surface area (Å²) in [6, 6.07) is 9.71. The zero-order valence-electron chi connectivity index (χ0n) is 10.9. The van der Waals surface area contributed by atoms with Crippen LogP contribution in [0.5, 0.6) is 0 Å². The molecule has 0 aliphatic rings. The molecule has 0 fully saturated rings. The summed E-state index contributed by atoms with van der Waals surface area (Å²) >= 11 is 15.4. The maximum atomic E-state index is 13.6. The highest BCUT2D eigenvalue weighted by Gasteiger charge is 2.18. The molecule has 21 heavy (non-hydrogen) atoms. The maximum Gasteiger partial charge on any atom is 0.142 e. The Hall–Kier alpha value is -1.28. The van der Waals surface area contributed by atoms with Gasteiger partial charge >= 0.3 is 0 Å². The van der Waals surface area contributed by atoms with E-state index in [0.29, 0.717) is 21.8 Å². The van der Waals surface area contributed by atoms with Gasteiger partial charge in [-0.25, -0.2) is 4.39 Å². The Labute approximate surface area is 140 Å². The van der Waals surface area contributed by atoms with Crippen molar-refractivity contribution >= 4 is 44.8 Å². The van der Waals surface area contributed by atoms with Gasteiger partial charge in [0.15, 0.2) is 0 Å². The van der Waals surface area contributed by atoms with Crippen LogP contribution in [0.15, 0.2) is 34.8 Å². The van der Waals surface area contributed by atoms with E-state index in [9.17, 15) is 4.39 Å². The highest BCUT2D eigenvalue weighted by molar-refractivity contribution is 9.10. The van der Waals surface area contributed by atoms with Crippen LogP contribution in [-0.2, 0) is 0 Å². The molecule has 0 saturated carbocycles. The van der Waals surface area contributed by atoms with Crippen LogP contribution in [0.4, 0.5) is 10.1 Å². The molecular weight excluding hydrogens is 378 g/mol. The van der Waals surface area contributed by atoms with E-state index < -0.39 is 5.82 Å². The topological polar surface area (TPSA) is 35.8 Å².